The second kappa shape index (κ2) is 8.31. The summed E-state index contributed by atoms with van der Waals surface area (Å²) in [6.07, 6.45) is 3.89. The van der Waals surface area contributed by atoms with Crippen LogP contribution in [0.15, 0.2) is 23.3 Å². The van der Waals surface area contributed by atoms with E-state index in [1.165, 1.54) is 6.21 Å². The molecule has 27 heavy (non-hydrogen) atoms. The lowest BCUT2D eigenvalue weighted by molar-refractivity contribution is -0.147. The number of hydrogen-bond donors (Lipinski definition) is 4. The highest BCUT2D eigenvalue weighted by atomic mass is 16.5. The molecule has 1 aromatic rings. The van der Waals surface area contributed by atoms with E-state index in [1.54, 1.807) is 0 Å². The largest absolute Gasteiger partial charge is 0.377 e. The van der Waals surface area contributed by atoms with Crippen LogP contribution in [0.4, 0.5) is 0 Å². The lowest BCUT2D eigenvalue weighted by Gasteiger charge is -2.52. The van der Waals surface area contributed by atoms with Gasteiger partial charge in [0, 0.05) is 19.0 Å². The van der Waals surface area contributed by atoms with Crippen molar-refractivity contribution in [2.45, 2.75) is 37.5 Å². The molecule has 2 aliphatic rings. The van der Waals surface area contributed by atoms with Gasteiger partial charge in [-0.3, -0.25) is 9.89 Å². The van der Waals surface area contributed by atoms with Crippen LogP contribution in [0.5, 0.6) is 0 Å². The molecule has 0 aliphatic carbocycles. The highest BCUT2D eigenvalue weighted by molar-refractivity contribution is 6.08. The van der Waals surface area contributed by atoms with Crippen molar-refractivity contribution < 1.29 is 4.74 Å². The fourth-order valence-electron chi connectivity index (χ4n) is 3.90. The van der Waals surface area contributed by atoms with E-state index in [2.05, 4.69) is 22.9 Å². The standard InChI is InChI=1S/C19H29N7O/c1-13-4-8-26(19(5-6-20)11-27-12-19)10-16(13)25-17(14(9-21)18(22)23)15-3-2-7-24-15/h2-3,7,9,13-14,16,18,21,24H,4-5,8,10-12,22-23H2,1H3. The Labute approximate surface area is 160 Å². The molecule has 3 atom stereocenters. The predicted octanol–water partition coefficient (Wildman–Crippen LogP) is 0.706. The first-order chi connectivity index (χ1) is 13.0. The molecule has 3 heterocycles. The van der Waals surface area contributed by atoms with E-state index in [4.69, 9.17) is 26.6 Å². The van der Waals surface area contributed by atoms with Crippen LogP contribution in [0.3, 0.4) is 0 Å². The number of aromatic amines is 1. The zero-order valence-electron chi connectivity index (χ0n) is 15.8. The molecule has 8 nitrogen and oxygen atoms in total. The highest BCUT2D eigenvalue weighted by Crippen LogP contribution is 2.33. The number of rotatable bonds is 7. The van der Waals surface area contributed by atoms with Gasteiger partial charge in [-0.2, -0.15) is 5.26 Å². The van der Waals surface area contributed by atoms with Crippen LogP contribution < -0.4 is 11.5 Å². The highest BCUT2D eigenvalue weighted by Gasteiger charge is 2.46. The molecule has 1 aromatic heterocycles. The zero-order chi connectivity index (χ0) is 19.4. The number of nitrogens with two attached hydrogens (primary N) is 2. The average molecular weight is 371 g/mol. The molecule has 0 spiro atoms. The number of nitrogens with zero attached hydrogens (tertiary/aromatic N) is 3. The van der Waals surface area contributed by atoms with Gasteiger partial charge >= 0.3 is 0 Å². The molecular formula is C19H29N7O. The number of hydrogen-bond acceptors (Lipinski definition) is 7. The zero-order valence-corrected chi connectivity index (χ0v) is 15.8. The van der Waals surface area contributed by atoms with Gasteiger partial charge in [0.2, 0.25) is 0 Å². The Morgan fingerprint density at radius 1 is 1.59 bits per heavy atom. The lowest BCUT2D eigenvalue weighted by Crippen LogP contribution is -2.65. The van der Waals surface area contributed by atoms with Crippen molar-refractivity contribution >= 4 is 11.9 Å². The summed E-state index contributed by atoms with van der Waals surface area (Å²) in [6, 6.07) is 6.20. The number of aliphatic imine (C=N–C) groups is 1. The first-order valence-electron chi connectivity index (χ1n) is 9.43. The lowest BCUT2D eigenvalue weighted by atomic mass is 9.85. The Morgan fingerprint density at radius 3 is 2.89 bits per heavy atom. The minimum absolute atomic E-state index is 0.0504. The number of nitrogens with one attached hydrogen (secondary N) is 2. The van der Waals surface area contributed by atoms with Crippen molar-refractivity contribution in [3.05, 3.63) is 24.0 Å². The molecule has 0 bridgehead atoms. The Morgan fingerprint density at radius 2 is 2.37 bits per heavy atom. The number of nitriles is 1. The summed E-state index contributed by atoms with van der Waals surface area (Å²) in [6.45, 7) is 5.12. The molecular weight excluding hydrogens is 342 g/mol. The molecule has 6 N–H and O–H groups in total. The topological polar surface area (TPSA) is 140 Å². The molecule has 2 aliphatic heterocycles. The van der Waals surface area contributed by atoms with Crippen molar-refractivity contribution in [1.29, 1.82) is 10.7 Å². The summed E-state index contributed by atoms with van der Waals surface area (Å²) >= 11 is 0. The molecule has 0 radical (unpaired) electrons. The number of piperidine rings is 1. The van der Waals surface area contributed by atoms with Crippen LogP contribution in [0.2, 0.25) is 0 Å². The third kappa shape index (κ3) is 3.96. The summed E-state index contributed by atoms with van der Waals surface area (Å²) in [4.78, 5) is 10.6. The van der Waals surface area contributed by atoms with Crippen LogP contribution >= 0.6 is 0 Å². The van der Waals surface area contributed by atoms with Crippen LogP contribution in [0, 0.1) is 28.6 Å². The van der Waals surface area contributed by atoms with Gasteiger partial charge in [-0.15, -0.1) is 0 Å². The monoisotopic (exact) mass is 371 g/mol. The minimum Gasteiger partial charge on any atom is -0.377 e. The first kappa shape index (κ1) is 19.7. The van der Waals surface area contributed by atoms with Crippen molar-refractivity contribution in [3.8, 4) is 6.07 Å². The average Bonchev–Trinajstić information content (AvgIpc) is 3.14. The van der Waals surface area contributed by atoms with Crippen molar-refractivity contribution in [1.82, 2.24) is 9.88 Å². The second-order valence-electron chi connectivity index (χ2n) is 7.70. The van der Waals surface area contributed by atoms with Gasteiger partial charge < -0.3 is 26.6 Å². The fraction of sp³-hybridized carbons (Fsp3) is 0.632. The van der Waals surface area contributed by atoms with Crippen molar-refractivity contribution in [3.63, 3.8) is 0 Å². The van der Waals surface area contributed by atoms with E-state index in [0.717, 1.165) is 30.9 Å². The quantitative estimate of drug-likeness (QED) is 0.413. The van der Waals surface area contributed by atoms with Crippen LogP contribution in [-0.4, -0.2) is 65.9 Å². The molecule has 146 valence electrons. The van der Waals surface area contributed by atoms with E-state index in [9.17, 15) is 5.26 Å². The fourth-order valence-corrected chi connectivity index (χ4v) is 3.90. The number of ether oxygens (including phenoxy) is 1. The second-order valence-corrected chi connectivity index (χ2v) is 7.70. The smallest absolute Gasteiger partial charge is 0.0810 e. The van der Waals surface area contributed by atoms with Gasteiger partial charge in [0.15, 0.2) is 0 Å². The number of aromatic nitrogens is 1. The summed E-state index contributed by atoms with van der Waals surface area (Å²) in [5.41, 5.74) is 13.2. The third-order valence-corrected chi connectivity index (χ3v) is 5.83. The molecule has 8 heteroatoms. The maximum atomic E-state index is 9.23. The van der Waals surface area contributed by atoms with E-state index >= 15 is 0 Å². The normalized spacial score (nSPS) is 27.0. The molecule has 0 amide bonds. The summed E-state index contributed by atoms with van der Waals surface area (Å²) < 4.78 is 5.44. The summed E-state index contributed by atoms with van der Waals surface area (Å²) in [5.74, 6) is -0.0574. The first-order valence-corrected chi connectivity index (χ1v) is 9.43. The molecule has 2 saturated heterocycles. The van der Waals surface area contributed by atoms with Crippen molar-refractivity contribution in [2.75, 3.05) is 26.3 Å². The van der Waals surface area contributed by atoms with E-state index in [1.807, 2.05) is 18.3 Å². The van der Waals surface area contributed by atoms with Gasteiger partial charge in [-0.05, 0) is 31.0 Å². The Balaban J connectivity index is 1.88. The maximum absolute atomic E-state index is 9.23. The van der Waals surface area contributed by atoms with Crippen LogP contribution in [0.1, 0.15) is 25.5 Å². The maximum Gasteiger partial charge on any atom is 0.0810 e. The minimum atomic E-state index is -0.690. The van der Waals surface area contributed by atoms with Gasteiger partial charge in [0.05, 0.1) is 60.8 Å². The summed E-state index contributed by atoms with van der Waals surface area (Å²) in [5, 5.41) is 17.0. The van der Waals surface area contributed by atoms with Crippen LogP contribution in [0.25, 0.3) is 0 Å². The SMILES string of the molecule is CC1CCN(C2(CC#N)COC2)CC1N=C(c1ccc[nH]1)C(C=N)C(N)N. The Kier molecular flexibility index (Phi) is 6.07. The van der Waals surface area contributed by atoms with Gasteiger partial charge in [0.1, 0.15) is 0 Å². The number of H-pyrrole nitrogens is 1. The third-order valence-electron chi connectivity index (χ3n) is 5.83. The van der Waals surface area contributed by atoms with Crippen LogP contribution in [-0.2, 0) is 4.74 Å². The molecule has 0 aromatic carbocycles. The summed E-state index contributed by atoms with van der Waals surface area (Å²) in [7, 11) is 0. The molecule has 0 saturated carbocycles. The number of likely N-dealkylation sites (tertiary alicyclic amines) is 1. The Bertz CT molecular complexity index is 702. The molecule has 3 unspecified atom stereocenters. The van der Waals surface area contributed by atoms with Gasteiger partial charge in [0.25, 0.3) is 0 Å². The van der Waals surface area contributed by atoms with E-state index in [0.29, 0.717) is 25.6 Å². The van der Waals surface area contributed by atoms with E-state index in [-0.39, 0.29) is 11.6 Å². The Hall–Kier alpha value is -2.05. The van der Waals surface area contributed by atoms with Crippen molar-refractivity contribution in [2.24, 2.45) is 28.3 Å². The van der Waals surface area contributed by atoms with Gasteiger partial charge in [-0.25, -0.2) is 0 Å². The van der Waals surface area contributed by atoms with Gasteiger partial charge in [-0.1, -0.05) is 6.92 Å². The molecule has 3 rings (SSSR count). The predicted molar refractivity (Wildman–Crippen MR) is 105 cm³/mol. The van der Waals surface area contributed by atoms with E-state index < -0.39 is 12.1 Å². The molecule has 2 fully saturated rings.